The van der Waals surface area contributed by atoms with Gasteiger partial charge in [0.25, 0.3) is 5.89 Å². The Labute approximate surface area is 97.7 Å². The van der Waals surface area contributed by atoms with Crippen LogP contribution in [0.1, 0.15) is 29.9 Å². The normalized spacial score (nSPS) is 10.9. The summed E-state index contributed by atoms with van der Waals surface area (Å²) in [4.78, 5) is 9.58. The first-order valence-electron chi connectivity index (χ1n) is 5.24. The van der Waals surface area contributed by atoms with Crippen molar-refractivity contribution in [3.8, 4) is 10.8 Å². The molecule has 2 heterocycles. The lowest BCUT2D eigenvalue weighted by atomic mass is 10.3. The maximum Gasteiger partial charge on any atom is 0.269 e. The minimum Gasteiger partial charge on any atom is -0.333 e. The molecule has 0 aromatic carbocycles. The number of hydrogen-bond donors (Lipinski definition) is 1. The fourth-order valence-electron chi connectivity index (χ4n) is 1.41. The van der Waals surface area contributed by atoms with Gasteiger partial charge in [0.15, 0.2) is 5.82 Å². The van der Waals surface area contributed by atoms with Gasteiger partial charge in [-0.15, -0.1) is 11.3 Å². The molecular formula is C10H14N4OS. The molecule has 0 aliphatic rings. The van der Waals surface area contributed by atoms with Crippen molar-refractivity contribution in [2.45, 2.75) is 33.2 Å². The fraction of sp³-hybridized carbons (Fsp3) is 0.500. The van der Waals surface area contributed by atoms with Crippen molar-refractivity contribution < 1.29 is 4.52 Å². The fourth-order valence-corrected chi connectivity index (χ4v) is 2.27. The minimum absolute atomic E-state index is 0.446. The number of nitrogens with zero attached hydrogens (tertiary/aromatic N) is 3. The summed E-state index contributed by atoms with van der Waals surface area (Å²) in [5, 5.41) is 4.81. The maximum absolute atomic E-state index is 5.54. The summed E-state index contributed by atoms with van der Waals surface area (Å²) < 4.78 is 5.21. The molecule has 0 spiro atoms. The van der Waals surface area contributed by atoms with Crippen LogP contribution in [0.3, 0.4) is 0 Å². The van der Waals surface area contributed by atoms with Crippen LogP contribution in [0, 0.1) is 6.92 Å². The number of aromatic nitrogens is 3. The van der Waals surface area contributed by atoms with Gasteiger partial charge in [-0.3, -0.25) is 0 Å². The molecule has 2 rings (SSSR count). The molecule has 2 aromatic heterocycles. The Balaban J connectivity index is 2.30. The highest BCUT2D eigenvalue weighted by atomic mass is 32.1. The summed E-state index contributed by atoms with van der Waals surface area (Å²) in [6.45, 7) is 4.46. The van der Waals surface area contributed by atoms with Gasteiger partial charge in [0.2, 0.25) is 0 Å². The molecule has 0 bridgehead atoms. The molecule has 86 valence electrons. The molecule has 0 amide bonds. The van der Waals surface area contributed by atoms with Crippen molar-refractivity contribution in [1.29, 1.82) is 0 Å². The van der Waals surface area contributed by atoms with Crippen molar-refractivity contribution in [3.05, 3.63) is 16.5 Å². The third kappa shape index (κ3) is 2.12. The molecule has 0 atom stereocenters. The summed E-state index contributed by atoms with van der Waals surface area (Å²) in [5.41, 5.74) is 6.44. The Hall–Kier alpha value is -1.27. The SMILES string of the molecule is CCCc1noc(-c2sc(CN)nc2C)n1. The molecule has 0 saturated heterocycles. The van der Waals surface area contributed by atoms with Crippen molar-refractivity contribution >= 4 is 11.3 Å². The number of thiazole rings is 1. The van der Waals surface area contributed by atoms with Gasteiger partial charge in [0.1, 0.15) is 9.88 Å². The first-order valence-corrected chi connectivity index (χ1v) is 6.05. The monoisotopic (exact) mass is 238 g/mol. The van der Waals surface area contributed by atoms with Gasteiger partial charge in [0.05, 0.1) is 5.69 Å². The van der Waals surface area contributed by atoms with E-state index >= 15 is 0 Å². The van der Waals surface area contributed by atoms with Crippen molar-refractivity contribution in [1.82, 2.24) is 15.1 Å². The Morgan fingerprint density at radius 2 is 2.19 bits per heavy atom. The molecule has 0 aliphatic carbocycles. The number of aryl methyl sites for hydroxylation is 2. The van der Waals surface area contributed by atoms with E-state index in [9.17, 15) is 0 Å². The standard InChI is InChI=1S/C10H14N4OS/c1-3-4-7-13-10(15-14-7)9-6(2)12-8(5-11)16-9/h3-5,11H2,1-2H3. The predicted molar refractivity (Wildman–Crippen MR) is 62.0 cm³/mol. The van der Waals surface area contributed by atoms with E-state index in [4.69, 9.17) is 10.3 Å². The van der Waals surface area contributed by atoms with E-state index in [-0.39, 0.29) is 0 Å². The van der Waals surface area contributed by atoms with Crippen LogP contribution in [0.25, 0.3) is 10.8 Å². The van der Waals surface area contributed by atoms with E-state index in [2.05, 4.69) is 22.0 Å². The molecule has 5 nitrogen and oxygen atoms in total. The van der Waals surface area contributed by atoms with Crippen molar-refractivity contribution in [3.63, 3.8) is 0 Å². The molecule has 16 heavy (non-hydrogen) atoms. The zero-order valence-electron chi connectivity index (χ0n) is 9.36. The van der Waals surface area contributed by atoms with E-state index in [0.717, 1.165) is 34.2 Å². The van der Waals surface area contributed by atoms with Crippen LogP contribution < -0.4 is 5.73 Å². The van der Waals surface area contributed by atoms with Crippen molar-refractivity contribution in [2.75, 3.05) is 0 Å². The molecule has 6 heteroatoms. The lowest BCUT2D eigenvalue weighted by Crippen LogP contribution is -1.94. The average molecular weight is 238 g/mol. The molecule has 0 saturated carbocycles. The number of rotatable bonds is 4. The topological polar surface area (TPSA) is 77.8 Å². The average Bonchev–Trinajstić information content (AvgIpc) is 2.85. The third-order valence-electron chi connectivity index (χ3n) is 2.15. The second kappa shape index (κ2) is 4.71. The summed E-state index contributed by atoms with van der Waals surface area (Å²) in [6, 6.07) is 0. The molecular weight excluding hydrogens is 224 g/mol. The lowest BCUT2D eigenvalue weighted by molar-refractivity contribution is 0.422. The van der Waals surface area contributed by atoms with Gasteiger partial charge in [-0.25, -0.2) is 4.98 Å². The summed E-state index contributed by atoms with van der Waals surface area (Å²) in [7, 11) is 0. The van der Waals surface area contributed by atoms with Crippen LogP contribution in [0.15, 0.2) is 4.52 Å². The highest BCUT2D eigenvalue weighted by Crippen LogP contribution is 2.28. The molecule has 0 fully saturated rings. The highest BCUT2D eigenvalue weighted by molar-refractivity contribution is 7.15. The largest absolute Gasteiger partial charge is 0.333 e. The zero-order chi connectivity index (χ0) is 11.5. The smallest absolute Gasteiger partial charge is 0.269 e. The first kappa shape index (κ1) is 11.2. The van der Waals surface area contributed by atoms with Gasteiger partial charge < -0.3 is 10.3 Å². The third-order valence-corrected chi connectivity index (χ3v) is 3.32. The Morgan fingerprint density at radius 3 is 2.81 bits per heavy atom. The van der Waals surface area contributed by atoms with E-state index in [0.29, 0.717) is 12.4 Å². The molecule has 2 N–H and O–H groups in total. The Morgan fingerprint density at radius 1 is 1.38 bits per heavy atom. The second-order valence-electron chi connectivity index (χ2n) is 3.49. The predicted octanol–water partition coefficient (Wildman–Crippen LogP) is 1.91. The first-order chi connectivity index (χ1) is 7.74. The van der Waals surface area contributed by atoms with Gasteiger partial charge >= 0.3 is 0 Å². The zero-order valence-corrected chi connectivity index (χ0v) is 10.2. The van der Waals surface area contributed by atoms with Crippen LogP contribution >= 0.6 is 11.3 Å². The highest BCUT2D eigenvalue weighted by Gasteiger charge is 2.15. The van der Waals surface area contributed by atoms with E-state index in [1.807, 2.05) is 6.92 Å². The molecule has 0 unspecified atom stereocenters. The summed E-state index contributed by atoms with van der Waals surface area (Å²) in [6.07, 6.45) is 1.85. The van der Waals surface area contributed by atoms with Crippen LogP contribution in [0.2, 0.25) is 0 Å². The van der Waals surface area contributed by atoms with Gasteiger partial charge in [-0.1, -0.05) is 12.1 Å². The quantitative estimate of drug-likeness (QED) is 0.880. The van der Waals surface area contributed by atoms with Crippen LogP contribution in [0.5, 0.6) is 0 Å². The second-order valence-corrected chi connectivity index (χ2v) is 4.58. The van der Waals surface area contributed by atoms with E-state index in [1.165, 1.54) is 11.3 Å². The summed E-state index contributed by atoms with van der Waals surface area (Å²) >= 11 is 1.51. The van der Waals surface area contributed by atoms with Gasteiger partial charge in [0, 0.05) is 13.0 Å². The van der Waals surface area contributed by atoms with Crippen LogP contribution in [0.4, 0.5) is 0 Å². The Kier molecular flexibility index (Phi) is 3.31. The van der Waals surface area contributed by atoms with E-state index < -0.39 is 0 Å². The lowest BCUT2D eigenvalue weighted by Gasteiger charge is -1.87. The van der Waals surface area contributed by atoms with Gasteiger partial charge in [-0.2, -0.15) is 4.98 Å². The Bertz CT molecular complexity index is 477. The summed E-state index contributed by atoms with van der Waals surface area (Å²) in [5.74, 6) is 1.30. The molecule has 0 radical (unpaired) electrons. The van der Waals surface area contributed by atoms with Gasteiger partial charge in [-0.05, 0) is 13.3 Å². The van der Waals surface area contributed by atoms with Crippen LogP contribution in [-0.2, 0) is 13.0 Å². The molecule has 0 aliphatic heterocycles. The van der Waals surface area contributed by atoms with Crippen molar-refractivity contribution in [2.24, 2.45) is 5.73 Å². The molecule has 2 aromatic rings. The minimum atomic E-state index is 0.446. The van der Waals surface area contributed by atoms with E-state index in [1.54, 1.807) is 0 Å². The number of hydrogen-bond acceptors (Lipinski definition) is 6. The number of nitrogens with two attached hydrogens (primary N) is 1. The maximum atomic E-state index is 5.54. The van der Waals surface area contributed by atoms with Crippen LogP contribution in [-0.4, -0.2) is 15.1 Å².